The quantitative estimate of drug-likeness (QED) is 0.860. The van der Waals surface area contributed by atoms with E-state index >= 15 is 0 Å². The van der Waals surface area contributed by atoms with E-state index in [9.17, 15) is 0 Å². The van der Waals surface area contributed by atoms with Gasteiger partial charge in [-0.25, -0.2) is 4.98 Å². The third-order valence-corrected chi connectivity index (χ3v) is 3.44. The monoisotopic (exact) mass is 221 g/mol. The largest absolute Gasteiger partial charge is 0.354 e. The van der Waals surface area contributed by atoms with E-state index in [1.165, 1.54) is 10.3 Å². The van der Waals surface area contributed by atoms with Crippen LogP contribution in [0.25, 0.3) is 10.2 Å². The van der Waals surface area contributed by atoms with Crippen LogP contribution in [0.3, 0.4) is 0 Å². The minimum atomic E-state index is 0.699. The van der Waals surface area contributed by atoms with Gasteiger partial charge in [0.1, 0.15) is 0 Å². The van der Waals surface area contributed by atoms with Crippen LogP contribution in [-0.4, -0.2) is 25.6 Å². The van der Waals surface area contributed by atoms with Gasteiger partial charge in [0.25, 0.3) is 0 Å². The van der Waals surface area contributed by atoms with Crippen LogP contribution in [0.15, 0.2) is 18.2 Å². The Balaban J connectivity index is 2.43. The molecule has 1 aromatic carbocycles. The minimum Gasteiger partial charge on any atom is -0.354 e. The average Bonchev–Trinajstić information content (AvgIpc) is 2.61. The first-order valence-electron chi connectivity index (χ1n) is 4.97. The van der Waals surface area contributed by atoms with Crippen LogP contribution in [-0.2, 0) is 6.42 Å². The number of hydrogen-bond acceptors (Lipinski definition) is 4. The molecule has 0 unspecified atom stereocenters. The lowest BCUT2D eigenvalue weighted by atomic mass is 10.1. The highest BCUT2D eigenvalue weighted by molar-refractivity contribution is 7.22. The molecular formula is C11H15N3S. The van der Waals surface area contributed by atoms with Crippen LogP contribution < -0.4 is 10.6 Å². The van der Waals surface area contributed by atoms with Gasteiger partial charge >= 0.3 is 0 Å². The van der Waals surface area contributed by atoms with E-state index in [0.717, 1.165) is 17.1 Å². The minimum absolute atomic E-state index is 0.699. The molecule has 15 heavy (non-hydrogen) atoms. The number of aromatic nitrogens is 1. The molecular weight excluding hydrogens is 206 g/mol. The van der Waals surface area contributed by atoms with Crippen molar-refractivity contribution in [3.63, 3.8) is 0 Å². The molecule has 0 aliphatic rings. The molecule has 3 nitrogen and oxygen atoms in total. The second-order valence-electron chi connectivity index (χ2n) is 3.73. The molecule has 0 aliphatic carbocycles. The molecule has 80 valence electrons. The van der Waals surface area contributed by atoms with Crippen molar-refractivity contribution in [1.29, 1.82) is 0 Å². The van der Waals surface area contributed by atoms with Gasteiger partial charge < -0.3 is 10.6 Å². The Morgan fingerprint density at radius 3 is 2.87 bits per heavy atom. The fraction of sp³-hybridized carbons (Fsp3) is 0.364. The zero-order valence-electron chi connectivity index (χ0n) is 9.03. The molecule has 1 heterocycles. The fourth-order valence-corrected chi connectivity index (χ4v) is 2.42. The first kappa shape index (κ1) is 10.4. The van der Waals surface area contributed by atoms with Crippen molar-refractivity contribution in [3.05, 3.63) is 23.8 Å². The number of fused-ring (bicyclic) bond motifs is 1. The summed E-state index contributed by atoms with van der Waals surface area (Å²) in [5.74, 6) is 0. The van der Waals surface area contributed by atoms with Gasteiger partial charge in [0.05, 0.1) is 10.2 Å². The molecule has 0 fully saturated rings. The molecule has 2 aromatic rings. The van der Waals surface area contributed by atoms with Gasteiger partial charge in [0.15, 0.2) is 5.13 Å². The molecule has 0 saturated carbocycles. The van der Waals surface area contributed by atoms with Gasteiger partial charge in [-0.3, -0.25) is 0 Å². The van der Waals surface area contributed by atoms with E-state index in [2.05, 4.69) is 23.2 Å². The van der Waals surface area contributed by atoms with E-state index in [1.807, 2.05) is 19.0 Å². The van der Waals surface area contributed by atoms with E-state index in [-0.39, 0.29) is 0 Å². The van der Waals surface area contributed by atoms with Crippen molar-refractivity contribution >= 4 is 26.7 Å². The number of rotatable bonds is 3. The van der Waals surface area contributed by atoms with Gasteiger partial charge in [-0.15, -0.1) is 0 Å². The summed E-state index contributed by atoms with van der Waals surface area (Å²) in [5, 5.41) is 1.05. The van der Waals surface area contributed by atoms with Crippen LogP contribution in [0, 0.1) is 0 Å². The Kier molecular flexibility index (Phi) is 2.88. The van der Waals surface area contributed by atoms with Gasteiger partial charge in [-0.1, -0.05) is 17.4 Å². The summed E-state index contributed by atoms with van der Waals surface area (Å²) in [5.41, 5.74) is 7.90. The van der Waals surface area contributed by atoms with Crippen LogP contribution >= 0.6 is 11.3 Å². The second kappa shape index (κ2) is 4.16. The summed E-state index contributed by atoms with van der Waals surface area (Å²) in [7, 11) is 4.02. The molecule has 0 atom stereocenters. The highest BCUT2D eigenvalue weighted by Gasteiger charge is 2.05. The Labute approximate surface area is 93.5 Å². The predicted octanol–water partition coefficient (Wildman–Crippen LogP) is 1.86. The van der Waals surface area contributed by atoms with Crippen molar-refractivity contribution in [1.82, 2.24) is 4.98 Å². The topological polar surface area (TPSA) is 42.2 Å². The fourth-order valence-electron chi connectivity index (χ4n) is 1.47. The number of nitrogens with two attached hydrogens (primary N) is 1. The Hall–Kier alpha value is -1.13. The predicted molar refractivity (Wildman–Crippen MR) is 66.7 cm³/mol. The summed E-state index contributed by atoms with van der Waals surface area (Å²) in [4.78, 5) is 6.56. The molecule has 0 aliphatic heterocycles. The van der Waals surface area contributed by atoms with Gasteiger partial charge in [-0.05, 0) is 30.7 Å². The Morgan fingerprint density at radius 2 is 2.20 bits per heavy atom. The van der Waals surface area contributed by atoms with E-state index in [1.54, 1.807) is 11.3 Å². The normalized spacial score (nSPS) is 10.9. The summed E-state index contributed by atoms with van der Waals surface area (Å²) in [6.45, 7) is 0.699. The smallest absolute Gasteiger partial charge is 0.185 e. The standard InChI is InChI=1S/C11H15N3S/c1-14(2)11-13-9-4-3-8(5-6-12)7-10(9)15-11/h3-4,7H,5-6,12H2,1-2H3. The maximum Gasteiger partial charge on any atom is 0.185 e. The lowest BCUT2D eigenvalue weighted by Gasteiger charge is -2.04. The zero-order chi connectivity index (χ0) is 10.8. The van der Waals surface area contributed by atoms with Crippen LogP contribution in [0.5, 0.6) is 0 Å². The van der Waals surface area contributed by atoms with E-state index < -0.39 is 0 Å². The maximum absolute atomic E-state index is 5.54. The maximum atomic E-state index is 5.54. The first-order chi connectivity index (χ1) is 7.20. The molecule has 1 aromatic heterocycles. The Morgan fingerprint density at radius 1 is 1.40 bits per heavy atom. The van der Waals surface area contributed by atoms with Crippen LogP contribution in [0.2, 0.25) is 0 Å². The zero-order valence-corrected chi connectivity index (χ0v) is 9.84. The lowest BCUT2D eigenvalue weighted by molar-refractivity contribution is 0.971. The molecule has 0 saturated heterocycles. The number of nitrogens with zero attached hydrogens (tertiary/aromatic N) is 2. The Bertz CT molecular complexity index is 462. The van der Waals surface area contributed by atoms with Gasteiger partial charge in [-0.2, -0.15) is 0 Å². The van der Waals surface area contributed by atoms with Crippen molar-refractivity contribution in [2.45, 2.75) is 6.42 Å². The lowest BCUT2D eigenvalue weighted by Crippen LogP contribution is -2.07. The molecule has 0 bridgehead atoms. The molecule has 2 rings (SSSR count). The van der Waals surface area contributed by atoms with Crippen LogP contribution in [0.4, 0.5) is 5.13 Å². The number of benzene rings is 1. The first-order valence-corrected chi connectivity index (χ1v) is 5.79. The highest BCUT2D eigenvalue weighted by Crippen LogP contribution is 2.28. The third-order valence-electron chi connectivity index (χ3n) is 2.26. The van der Waals surface area contributed by atoms with Crippen LogP contribution in [0.1, 0.15) is 5.56 Å². The average molecular weight is 221 g/mol. The van der Waals surface area contributed by atoms with Crippen molar-refractivity contribution < 1.29 is 0 Å². The molecule has 0 amide bonds. The summed E-state index contributed by atoms with van der Waals surface area (Å²) >= 11 is 1.72. The summed E-state index contributed by atoms with van der Waals surface area (Å²) in [6, 6.07) is 6.37. The van der Waals surface area contributed by atoms with Gasteiger partial charge in [0.2, 0.25) is 0 Å². The molecule has 0 spiro atoms. The van der Waals surface area contributed by atoms with Crippen molar-refractivity contribution in [3.8, 4) is 0 Å². The number of thiazole rings is 1. The SMILES string of the molecule is CN(C)c1nc2ccc(CCN)cc2s1. The summed E-state index contributed by atoms with van der Waals surface area (Å²) < 4.78 is 1.24. The van der Waals surface area contributed by atoms with E-state index in [4.69, 9.17) is 5.73 Å². The molecule has 2 N–H and O–H groups in total. The highest BCUT2D eigenvalue weighted by atomic mass is 32.1. The molecule has 4 heteroatoms. The third kappa shape index (κ3) is 2.11. The van der Waals surface area contributed by atoms with Crippen molar-refractivity contribution in [2.75, 3.05) is 25.5 Å². The summed E-state index contributed by atoms with van der Waals surface area (Å²) in [6.07, 6.45) is 0.936. The van der Waals surface area contributed by atoms with E-state index in [0.29, 0.717) is 6.54 Å². The second-order valence-corrected chi connectivity index (χ2v) is 4.74. The molecule has 0 radical (unpaired) electrons. The number of hydrogen-bond donors (Lipinski definition) is 1. The number of anilines is 1. The van der Waals surface area contributed by atoms with Gasteiger partial charge in [0, 0.05) is 14.1 Å². The van der Waals surface area contributed by atoms with Crippen molar-refractivity contribution in [2.24, 2.45) is 5.73 Å².